The second-order valence-corrected chi connectivity index (χ2v) is 7.89. The van der Waals surface area contributed by atoms with Gasteiger partial charge in [-0.15, -0.1) is 11.3 Å². The lowest BCUT2D eigenvalue weighted by Gasteiger charge is -2.26. The van der Waals surface area contributed by atoms with Gasteiger partial charge in [-0.1, -0.05) is 18.2 Å². The van der Waals surface area contributed by atoms with E-state index in [2.05, 4.69) is 4.90 Å². The summed E-state index contributed by atoms with van der Waals surface area (Å²) in [6.07, 6.45) is 0. The van der Waals surface area contributed by atoms with Crippen LogP contribution >= 0.6 is 11.3 Å². The standard InChI is InChI=1S/C21H24N2O5S/c1-3-27-21(25)19-17(28-13-10-23-8-11-26-12-9-23)16-18(29-19)14-6-4-5-7-15(14)22(2)20(16)24/h4-7H,3,8-13H2,1-2H3. The summed E-state index contributed by atoms with van der Waals surface area (Å²) in [6.45, 7) is 6.24. The number of thiophene rings is 1. The molecule has 0 atom stereocenters. The van der Waals surface area contributed by atoms with Gasteiger partial charge in [-0.25, -0.2) is 4.79 Å². The molecule has 3 aromatic rings. The Bertz CT molecular complexity index is 1100. The molecule has 0 aliphatic carbocycles. The minimum atomic E-state index is -0.457. The van der Waals surface area contributed by atoms with Crippen LogP contribution in [-0.4, -0.2) is 61.5 Å². The summed E-state index contributed by atoms with van der Waals surface area (Å²) < 4.78 is 19.0. The van der Waals surface area contributed by atoms with E-state index in [-0.39, 0.29) is 12.2 Å². The first-order valence-electron chi connectivity index (χ1n) is 9.76. The maximum absolute atomic E-state index is 13.1. The number of morpholine rings is 1. The highest BCUT2D eigenvalue weighted by Gasteiger charge is 2.26. The average molecular weight is 416 g/mol. The maximum Gasteiger partial charge on any atom is 0.352 e. The number of aromatic nitrogens is 1. The number of esters is 1. The number of hydrogen-bond acceptors (Lipinski definition) is 7. The predicted molar refractivity (Wildman–Crippen MR) is 113 cm³/mol. The molecule has 3 heterocycles. The number of ether oxygens (including phenoxy) is 3. The van der Waals surface area contributed by atoms with Crippen LogP contribution in [0.3, 0.4) is 0 Å². The van der Waals surface area contributed by atoms with Crippen molar-refractivity contribution >= 4 is 38.3 Å². The Morgan fingerprint density at radius 1 is 1.24 bits per heavy atom. The molecule has 0 saturated carbocycles. The lowest BCUT2D eigenvalue weighted by atomic mass is 10.1. The third kappa shape index (κ3) is 3.75. The second-order valence-electron chi connectivity index (χ2n) is 6.87. The normalized spacial score (nSPS) is 15.1. The molecule has 1 aliphatic heterocycles. The van der Waals surface area contributed by atoms with Crippen LogP contribution < -0.4 is 10.3 Å². The molecule has 7 nitrogen and oxygen atoms in total. The third-order valence-electron chi connectivity index (χ3n) is 5.11. The van der Waals surface area contributed by atoms with E-state index in [1.54, 1.807) is 18.5 Å². The smallest absolute Gasteiger partial charge is 0.352 e. The molecule has 4 rings (SSSR count). The Morgan fingerprint density at radius 3 is 2.76 bits per heavy atom. The number of fused-ring (bicyclic) bond motifs is 3. The Balaban J connectivity index is 1.78. The number of carbonyl (C=O) groups excluding carboxylic acids is 1. The molecular formula is C21H24N2O5S. The molecule has 0 unspecified atom stereocenters. The number of nitrogens with zero attached hydrogens (tertiary/aromatic N) is 2. The molecule has 0 amide bonds. The number of carbonyl (C=O) groups is 1. The molecule has 154 valence electrons. The van der Waals surface area contributed by atoms with Gasteiger partial charge in [0, 0.05) is 32.1 Å². The second kappa shape index (κ2) is 8.52. The first-order chi connectivity index (χ1) is 14.1. The van der Waals surface area contributed by atoms with Gasteiger partial charge in [-0.3, -0.25) is 9.69 Å². The summed E-state index contributed by atoms with van der Waals surface area (Å²) in [4.78, 5) is 28.3. The lowest BCUT2D eigenvalue weighted by Crippen LogP contribution is -2.38. The largest absolute Gasteiger partial charge is 0.490 e. The van der Waals surface area contributed by atoms with Crippen LogP contribution in [0.25, 0.3) is 21.0 Å². The van der Waals surface area contributed by atoms with Gasteiger partial charge in [0.25, 0.3) is 5.56 Å². The van der Waals surface area contributed by atoms with Gasteiger partial charge in [0.05, 0.1) is 30.0 Å². The molecular weight excluding hydrogens is 392 g/mol. The van der Waals surface area contributed by atoms with Gasteiger partial charge in [0.2, 0.25) is 0 Å². The molecule has 8 heteroatoms. The number of benzene rings is 1. The number of hydrogen-bond donors (Lipinski definition) is 0. The summed E-state index contributed by atoms with van der Waals surface area (Å²) in [7, 11) is 1.74. The summed E-state index contributed by atoms with van der Waals surface area (Å²) in [5.74, 6) is -0.121. The third-order valence-corrected chi connectivity index (χ3v) is 6.30. The molecule has 1 saturated heterocycles. The zero-order valence-electron chi connectivity index (χ0n) is 16.6. The average Bonchev–Trinajstić information content (AvgIpc) is 3.13. The van der Waals surface area contributed by atoms with Crippen molar-refractivity contribution in [2.24, 2.45) is 7.05 Å². The maximum atomic E-state index is 13.1. The van der Waals surface area contributed by atoms with Gasteiger partial charge in [0.15, 0.2) is 10.6 Å². The van der Waals surface area contributed by atoms with Crippen molar-refractivity contribution in [2.75, 3.05) is 46.1 Å². The van der Waals surface area contributed by atoms with Crippen LogP contribution in [0, 0.1) is 0 Å². The van der Waals surface area contributed by atoms with Gasteiger partial charge < -0.3 is 18.8 Å². The van der Waals surface area contributed by atoms with Gasteiger partial charge in [-0.2, -0.15) is 0 Å². The van der Waals surface area contributed by atoms with E-state index in [0.717, 1.165) is 28.7 Å². The molecule has 1 aliphatic rings. The van der Waals surface area contributed by atoms with Crippen molar-refractivity contribution in [3.63, 3.8) is 0 Å². The number of aryl methyl sites for hydroxylation is 1. The Kier molecular flexibility index (Phi) is 5.84. The van der Waals surface area contributed by atoms with E-state index in [1.807, 2.05) is 24.3 Å². The van der Waals surface area contributed by atoms with Crippen LogP contribution in [0.15, 0.2) is 29.1 Å². The van der Waals surface area contributed by atoms with Crippen LogP contribution in [0.5, 0.6) is 5.75 Å². The topological polar surface area (TPSA) is 70.0 Å². The predicted octanol–water partition coefficient (Wildman–Crippen LogP) is 2.64. The van der Waals surface area contributed by atoms with Gasteiger partial charge in [-0.05, 0) is 13.0 Å². The minimum absolute atomic E-state index is 0.174. The molecule has 1 fully saturated rings. The lowest BCUT2D eigenvalue weighted by molar-refractivity contribution is 0.0322. The molecule has 1 aromatic carbocycles. The number of pyridine rings is 1. The highest BCUT2D eigenvalue weighted by atomic mass is 32.1. The molecule has 0 bridgehead atoms. The van der Waals surface area contributed by atoms with E-state index in [9.17, 15) is 9.59 Å². The summed E-state index contributed by atoms with van der Waals surface area (Å²) in [5.41, 5.74) is 0.647. The minimum Gasteiger partial charge on any atom is -0.490 e. The fourth-order valence-electron chi connectivity index (χ4n) is 3.61. The van der Waals surface area contributed by atoms with Gasteiger partial charge in [0.1, 0.15) is 12.0 Å². The van der Waals surface area contributed by atoms with Crippen molar-refractivity contribution in [1.82, 2.24) is 9.47 Å². The molecule has 29 heavy (non-hydrogen) atoms. The Labute approximate surface area is 172 Å². The molecule has 0 N–H and O–H groups in total. The first kappa shape index (κ1) is 19.9. The zero-order valence-corrected chi connectivity index (χ0v) is 17.4. The number of rotatable bonds is 6. The van der Waals surface area contributed by atoms with Crippen LogP contribution in [0.4, 0.5) is 0 Å². The van der Waals surface area contributed by atoms with Crippen molar-refractivity contribution in [2.45, 2.75) is 6.92 Å². The van der Waals surface area contributed by atoms with E-state index in [0.29, 0.717) is 42.4 Å². The Morgan fingerprint density at radius 2 is 2.00 bits per heavy atom. The van der Waals surface area contributed by atoms with Crippen molar-refractivity contribution in [3.8, 4) is 5.75 Å². The van der Waals surface area contributed by atoms with Crippen molar-refractivity contribution in [3.05, 3.63) is 39.5 Å². The van der Waals surface area contributed by atoms with E-state index >= 15 is 0 Å². The van der Waals surface area contributed by atoms with E-state index in [1.165, 1.54) is 11.3 Å². The van der Waals surface area contributed by atoms with Crippen LogP contribution in [-0.2, 0) is 16.5 Å². The van der Waals surface area contributed by atoms with Crippen molar-refractivity contribution < 1.29 is 19.0 Å². The Hall–Kier alpha value is -2.42. The van der Waals surface area contributed by atoms with E-state index in [4.69, 9.17) is 14.2 Å². The monoisotopic (exact) mass is 416 g/mol. The highest BCUT2D eigenvalue weighted by Crippen LogP contribution is 2.40. The molecule has 0 spiro atoms. The van der Waals surface area contributed by atoms with Gasteiger partial charge >= 0.3 is 5.97 Å². The first-order valence-corrected chi connectivity index (χ1v) is 10.6. The van der Waals surface area contributed by atoms with Crippen LogP contribution in [0.1, 0.15) is 16.6 Å². The number of para-hydroxylation sites is 1. The van der Waals surface area contributed by atoms with Crippen molar-refractivity contribution in [1.29, 1.82) is 0 Å². The van der Waals surface area contributed by atoms with Crippen LogP contribution in [0.2, 0.25) is 0 Å². The fourth-order valence-corrected chi connectivity index (χ4v) is 4.77. The zero-order chi connectivity index (χ0) is 20.4. The molecule has 2 aromatic heterocycles. The summed E-state index contributed by atoms with van der Waals surface area (Å²) in [5, 5.41) is 1.37. The summed E-state index contributed by atoms with van der Waals surface area (Å²) in [6, 6.07) is 7.68. The quantitative estimate of drug-likeness (QED) is 0.576. The summed E-state index contributed by atoms with van der Waals surface area (Å²) >= 11 is 1.26. The fraction of sp³-hybridized carbons (Fsp3) is 0.429. The van der Waals surface area contributed by atoms with E-state index < -0.39 is 5.97 Å². The highest BCUT2D eigenvalue weighted by molar-refractivity contribution is 7.22. The SMILES string of the molecule is CCOC(=O)c1sc2c(c1OCCN1CCOCC1)c(=O)n(C)c1ccccc21. The molecule has 0 radical (unpaired) electrons.